The average Bonchev–Trinajstić information content (AvgIpc) is 2.58. The van der Waals surface area contributed by atoms with Crippen molar-refractivity contribution in [2.24, 2.45) is 5.73 Å². The lowest BCUT2D eigenvalue weighted by atomic mass is 9.98. The zero-order valence-corrected chi connectivity index (χ0v) is 13.1. The fourth-order valence-corrected chi connectivity index (χ4v) is 2.35. The Kier molecular flexibility index (Phi) is 4.05. The summed E-state index contributed by atoms with van der Waals surface area (Å²) >= 11 is 1.35. The van der Waals surface area contributed by atoms with Gasteiger partial charge in [0.2, 0.25) is 5.91 Å². The molecule has 0 fully saturated rings. The van der Waals surface area contributed by atoms with E-state index in [1.807, 2.05) is 20.8 Å². The molecule has 1 heterocycles. The number of thiazole rings is 1. The Morgan fingerprint density at radius 3 is 2.11 bits per heavy atom. The van der Waals surface area contributed by atoms with E-state index in [1.165, 1.54) is 11.3 Å². The van der Waals surface area contributed by atoms with Crippen LogP contribution in [-0.4, -0.2) is 22.3 Å². The third-order valence-electron chi connectivity index (χ3n) is 2.69. The number of aromatic nitrogens is 1. The topological polar surface area (TPSA) is 85.1 Å². The zero-order valence-electron chi connectivity index (χ0n) is 12.2. The van der Waals surface area contributed by atoms with Crippen LogP contribution in [0.3, 0.4) is 0 Å². The molecule has 0 aliphatic rings. The van der Waals surface area contributed by atoms with Crippen LogP contribution in [0.15, 0.2) is 0 Å². The lowest BCUT2D eigenvalue weighted by molar-refractivity contribution is -0.122. The molecule has 5 nitrogen and oxygen atoms in total. The van der Waals surface area contributed by atoms with Gasteiger partial charge in [0.25, 0.3) is 5.91 Å². The van der Waals surface area contributed by atoms with Crippen LogP contribution in [0, 0.1) is 6.92 Å². The maximum atomic E-state index is 12.2. The van der Waals surface area contributed by atoms with E-state index in [1.54, 1.807) is 20.8 Å². The Morgan fingerprint density at radius 2 is 1.74 bits per heavy atom. The van der Waals surface area contributed by atoms with Crippen molar-refractivity contribution in [1.29, 1.82) is 0 Å². The number of carbonyl (C=O) groups excluding carboxylic acids is 2. The largest absolute Gasteiger partial charge is 0.368 e. The van der Waals surface area contributed by atoms with Crippen molar-refractivity contribution in [3.05, 3.63) is 15.6 Å². The van der Waals surface area contributed by atoms with Gasteiger partial charge in [0, 0.05) is 5.41 Å². The molecule has 0 aliphatic heterocycles. The fourth-order valence-electron chi connectivity index (χ4n) is 1.33. The second-order valence-corrected chi connectivity index (χ2v) is 7.13. The number of nitrogens with zero attached hydrogens (tertiary/aromatic N) is 1. The Balaban J connectivity index is 3.02. The third kappa shape index (κ3) is 3.53. The average molecular weight is 283 g/mol. The molecule has 19 heavy (non-hydrogen) atoms. The van der Waals surface area contributed by atoms with Gasteiger partial charge in [-0.15, -0.1) is 11.3 Å². The Hall–Kier alpha value is -1.43. The second-order valence-electron chi connectivity index (χ2n) is 6.13. The lowest BCUT2D eigenvalue weighted by Crippen LogP contribution is -2.52. The molecule has 0 atom stereocenters. The Labute approximate surface area is 117 Å². The Morgan fingerprint density at radius 1 is 1.21 bits per heavy atom. The van der Waals surface area contributed by atoms with Gasteiger partial charge in [0.1, 0.15) is 10.4 Å². The molecule has 1 aromatic heterocycles. The van der Waals surface area contributed by atoms with E-state index >= 15 is 0 Å². The van der Waals surface area contributed by atoms with Crippen LogP contribution in [0.1, 0.15) is 55.0 Å². The molecule has 3 N–H and O–H groups in total. The SMILES string of the molecule is Cc1nc(C(C)(C)C)sc1C(=O)NC(C)(C)C(N)=O. The summed E-state index contributed by atoms with van der Waals surface area (Å²) < 4.78 is 0. The molecule has 0 radical (unpaired) electrons. The number of rotatable bonds is 3. The molecule has 0 spiro atoms. The van der Waals surface area contributed by atoms with Crippen LogP contribution in [0.5, 0.6) is 0 Å². The van der Waals surface area contributed by atoms with Crippen molar-refractivity contribution in [3.8, 4) is 0 Å². The maximum absolute atomic E-state index is 12.2. The highest BCUT2D eigenvalue weighted by Gasteiger charge is 2.30. The summed E-state index contributed by atoms with van der Waals surface area (Å²) in [5.41, 5.74) is 4.74. The Bertz CT molecular complexity index is 512. The summed E-state index contributed by atoms with van der Waals surface area (Å²) in [6, 6.07) is 0. The van der Waals surface area contributed by atoms with Crippen LogP contribution in [-0.2, 0) is 10.2 Å². The van der Waals surface area contributed by atoms with Gasteiger partial charge in [-0.2, -0.15) is 0 Å². The van der Waals surface area contributed by atoms with Gasteiger partial charge in [-0.1, -0.05) is 20.8 Å². The van der Waals surface area contributed by atoms with E-state index in [9.17, 15) is 9.59 Å². The van der Waals surface area contributed by atoms with Gasteiger partial charge in [-0.05, 0) is 20.8 Å². The van der Waals surface area contributed by atoms with Crippen molar-refractivity contribution in [2.75, 3.05) is 0 Å². The number of amides is 2. The summed E-state index contributed by atoms with van der Waals surface area (Å²) in [6.45, 7) is 11.1. The van der Waals surface area contributed by atoms with Crippen LogP contribution in [0.2, 0.25) is 0 Å². The van der Waals surface area contributed by atoms with Crippen molar-refractivity contribution < 1.29 is 9.59 Å². The van der Waals surface area contributed by atoms with Crippen molar-refractivity contribution in [1.82, 2.24) is 10.3 Å². The third-order valence-corrected chi connectivity index (χ3v) is 4.27. The molecule has 0 bridgehead atoms. The predicted octanol–water partition coefficient (Wildman–Crippen LogP) is 1.74. The van der Waals surface area contributed by atoms with Crippen molar-refractivity contribution in [2.45, 2.75) is 52.5 Å². The maximum Gasteiger partial charge on any atom is 0.264 e. The molecule has 0 aromatic carbocycles. The first-order valence-corrected chi connectivity index (χ1v) is 6.87. The predicted molar refractivity (Wildman–Crippen MR) is 76.3 cm³/mol. The smallest absolute Gasteiger partial charge is 0.264 e. The van der Waals surface area contributed by atoms with E-state index in [0.717, 1.165) is 5.01 Å². The summed E-state index contributed by atoms with van der Waals surface area (Å²) in [5, 5.41) is 3.53. The second kappa shape index (κ2) is 4.92. The van der Waals surface area contributed by atoms with E-state index in [0.29, 0.717) is 10.6 Å². The number of carbonyl (C=O) groups is 2. The number of nitrogens with one attached hydrogen (secondary N) is 1. The first-order chi connectivity index (χ1) is 8.45. The molecule has 0 unspecified atom stereocenters. The number of hydrogen-bond acceptors (Lipinski definition) is 4. The summed E-state index contributed by atoms with van der Waals surface area (Å²) in [6.07, 6.45) is 0. The molecule has 2 amide bonds. The minimum Gasteiger partial charge on any atom is -0.368 e. The van der Waals surface area contributed by atoms with Crippen molar-refractivity contribution in [3.63, 3.8) is 0 Å². The molecule has 0 aliphatic carbocycles. The summed E-state index contributed by atoms with van der Waals surface area (Å²) in [7, 11) is 0. The number of aryl methyl sites for hydroxylation is 1. The minimum atomic E-state index is -1.07. The van der Waals surface area contributed by atoms with E-state index in [2.05, 4.69) is 10.3 Å². The first kappa shape index (κ1) is 15.6. The molecule has 0 saturated heterocycles. The van der Waals surface area contributed by atoms with E-state index in [-0.39, 0.29) is 11.3 Å². The van der Waals surface area contributed by atoms with E-state index in [4.69, 9.17) is 5.73 Å². The van der Waals surface area contributed by atoms with Gasteiger partial charge in [0.05, 0.1) is 10.7 Å². The number of hydrogen-bond donors (Lipinski definition) is 2. The molecule has 1 rings (SSSR count). The van der Waals surface area contributed by atoms with E-state index < -0.39 is 11.4 Å². The minimum absolute atomic E-state index is 0.104. The summed E-state index contributed by atoms with van der Waals surface area (Å²) in [4.78, 5) is 28.4. The van der Waals surface area contributed by atoms with Gasteiger partial charge in [0.15, 0.2) is 0 Å². The standard InChI is InChI=1S/C13H21N3O2S/c1-7-8(19-11(15-7)12(2,3)4)9(17)16-13(5,6)10(14)18/h1-6H3,(H2,14,18)(H,16,17). The van der Waals surface area contributed by atoms with Crippen LogP contribution >= 0.6 is 11.3 Å². The molecular weight excluding hydrogens is 262 g/mol. The van der Waals surface area contributed by atoms with Gasteiger partial charge in [-0.25, -0.2) is 4.98 Å². The fraction of sp³-hybridized carbons (Fsp3) is 0.615. The van der Waals surface area contributed by atoms with Crippen LogP contribution in [0.4, 0.5) is 0 Å². The molecule has 106 valence electrons. The quantitative estimate of drug-likeness (QED) is 0.886. The highest BCUT2D eigenvalue weighted by Crippen LogP contribution is 2.29. The summed E-state index contributed by atoms with van der Waals surface area (Å²) in [5.74, 6) is -0.881. The number of nitrogens with two attached hydrogens (primary N) is 1. The van der Waals surface area contributed by atoms with Gasteiger partial charge < -0.3 is 11.1 Å². The first-order valence-electron chi connectivity index (χ1n) is 6.05. The van der Waals surface area contributed by atoms with Gasteiger partial charge in [-0.3, -0.25) is 9.59 Å². The van der Waals surface area contributed by atoms with Crippen LogP contribution in [0.25, 0.3) is 0 Å². The normalized spacial score (nSPS) is 12.3. The number of primary amides is 1. The molecule has 6 heteroatoms. The highest BCUT2D eigenvalue weighted by molar-refractivity contribution is 7.14. The highest BCUT2D eigenvalue weighted by atomic mass is 32.1. The molecule has 1 aromatic rings. The zero-order chi connectivity index (χ0) is 15.0. The van der Waals surface area contributed by atoms with Gasteiger partial charge >= 0.3 is 0 Å². The lowest BCUT2D eigenvalue weighted by Gasteiger charge is -2.21. The molecule has 0 saturated carbocycles. The monoisotopic (exact) mass is 283 g/mol. The van der Waals surface area contributed by atoms with Crippen molar-refractivity contribution >= 4 is 23.2 Å². The molecular formula is C13H21N3O2S. The van der Waals surface area contributed by atoms with Crippen LogP contribution < -0.4 is 11.1 Å².